The first kappa shape index (κ1) is 12.3. The molecule has 0 aliphatic heterocycles. The summed E-state index contributed by atoms with van der Waals surface area (Å²) in [6.07, 6.45) is 0.633. The van der Waals surface area contributed by atoms with Crippen LogP contribution >= 0.6 is 0 Å². The number of aromatic hydroxyl groups is 2. The first-order chi connectivity index (χ1) is 7.47. The maximum Gasteiger partial charge on any atom is 0.320 e. The highest BCUT2D eigenvalue weighted by Crippen LogP contribution is 2.32. The Morgan fingerprint density at radius 3 is 2.56 bits per heavy atom. The summed E-state index contributed by atoms with van der Waals surface area (Å²) in [5.41, 5.74) is 6.60. The first-order valence-electron chi connectivity index (χ1n) is 4.98. The first-order valence-corrected chi connectivity index (χ1v) is 4.98. The molecule has 0 fully saturated rings. The van der Waals surface area contributed by atoms with Crippen molar-refractivity contribution in [3.63, 3.8) is 0 Å². The number of benzene rings is 1. The number of carboxylic acids is 1. The van der Waals surface area contributed by atoms with Gasteiger partial charge in [0.2, 0.25) is 0 Å². The highest BCUT2D eigenvalue weighted by atomic mass is 16.4. The van der Waals surface area contributed by atoms with Gasteiger partial charge in [-0.3, -0.25) is 4.79 Å². The van der Waals surface area contributed by atoms with E-state index in [9.17, 15) is 15.0 Å². The van der Waals surface area contributed by atoms with Crippen LogP contribution < -0.4 is 5.73 Å². The Kier molecular flexibility index (Phi) is 3.73. The van der Waals surface area contributed by atoms with Crippen molar-refractivity contribution in [2.24, 2.45) is 5.73 Å². The summed E-state index contributed by atoms with van der Waals surface area (Å²) < 4.78 is 0. The molecular weight excluding hydrogens is 210 g/mol. The maximum absolute atomic E-state index is 10.6. The van der Waals surface area contributed by atoms with E-state index in [0.29, 0.717) is 17.5 Å². The Morgan fingerprint density at radius 1 is 1.44 bits per heavy atom. The van der Waals surface area contributed by atoms with Gasteiger partial charge in [-0.1, -0.05) is 13.0 Å². The summed E-state index contributed by atoms with van der Waals surface area (Å²) in [6.45, 7) is 1.81. The third-order valence-corrected chi connectivity index (χ3v) is 2.47. The van der Waals surface area contributed by atoms with Crippen LogP contribution in [0.5, 0.6) is 11.5 Å². The van der Waals surface area contributed by atoms with Crippen molar-refractivity contribution in [1.29, 1.82) is 0 Å². The van der Waals surface area contributed by atoms with Crippen molar-refractivity contribution < 1.29 is 20.1 Å². The Morgan fingerprint density at radius 2 is 2.06 bits per heavy atom. The maximum atomic E-state index is 10.6. The van der Waals surface area contributed by atoms with Crippen molar-refractivity contribution in [2.45, 2.75) is 25.8 Å². The SMILES string of the molecule is CCc1c(CC(N)C(=O)O)ccc(O)c1O. The van der Waals surface area contributed by atoms with Gasteiger partial charge in [0, 0.05) is 5.56 Å². The minimum Gasteiger partial charge on any atom is -0.504 e. The van der Waals surface area contributed by atoms with Crippen LogP contribution in [0.2, 0.25) is 0 Å². The fourth-order valence-corrected chi connectivity index (χ4v) is 1.58. The highest BCUT2D eigenvalue weighted by molar-refractivity contribution is 5.73. The quantitative estimate of drug-likeness (QED) is 0.562. The minimum atomic E-state index is -1.09. The van der Waals surface area contributed by atoms with Crippen molar-refractivity contribution in [3.05, 3.63) is 23.3 Å². The summed E-state index contributed by atoms with van der Waals surface area (Å²) in [4.78, 5) is 10.6. The second-order valence-electron chi connectivity index (χ2n) is 3.57. The number of carbonyl (C=O) groups is 1. The van der Waals surface area contributed by atoms with E-state index >= 15 is 0 Å². The molecule has 5 heteroatoms. The molecule has 1 aromatic carbocycles. The van der Waals surface area contributed by atoms with Crippen LogP contribution in [-0.4, -0.2) is 27.3 Å². The van der Waals surface area contributed by atoms with Crippen LogP contribution in [0, 0.1) is 0 Å². The number of nitrogens with two attached hydrogens (primary N) is 1. The minimum absolute atomic E-state index is 0.131. The number of aliphatic carboxylic acids is 1. The van der Waals surface area contributed by atoms with Gasteiger partial charge in [0.05, 0.1) is 0 Å². The van der Waals surface area contributed by atoms with E-state index in [1.165, 1.54) is 6.07 Å². The van der Waals surface area contributed by atoms with Gasteiger partial charge in [0.15, 0.2) is 11.5 Å². The summed E-state index contributed by atoms with van der Waals surface area (Å²) >= 11 is 0. The van der Waals surface area contributed by atoms with Crippen LogP contribution in [0.1, 0.15) is 18.1 Å². The molecule has 0 heterocycles. The number of hydrogen-bond donors (Lipinski definition) is 4. The molecular formula is C11H15NO4. The Hall–Kier alpha value is -1.75. The monoisotopic (exact) mass is 225 g/mol. The topological polar surface area (TPSA) is 104 Å². The number of hydrogen-bond acceptors (Lipinski definition) is 4. The zero-order valence-electron chi connectivity index (χ0n) is 8.97. The zero-order valence-corrected chi connectivity index (χ0v) is 8.97. The van der Waals surface area contributed by atoms with Gasteiger partial charge in [0.25, 0.3) is 0 Å². The van der Waals surface area contributed by atoms with E-state index in [4.69, 9.17) is 10.8 Å². The standard InChI is InChI=1S/C11H15NO4/c1-2-7-6(5-8(12)11(15)16)3-4-9(13)10(7)14/h3-4,8,13-14H,2,5,12H2,1H3,(H,15,16). The largest absolute Gasteiger partial charge is 0.504 e. The van der Waals surface area contributed by atoms with E-state index in [-0.39, 0.29) is 17.9 Å². The lowest BCUT2D eigenvalue weighted by Crippen LogP contribution is -2.32. The zero-order chi connectivity index (χ0) is 12.3. The van der Waals surface area contributed by atoms with Crippen LogP contribution in [0.3, 0.4) is 0 Å². The summed E-state index contributed by atoms with van der Waals surface area (Å²) in [7, 11) is 0. The predicted molar refractivity (Wildman–Crippen MR) is 58.5 cm³/mol. The third kappa shape index (κ3) is 2.43. The molecule has 1 unspecified atom stereocenters. The fraction of sp³-hybridized carbons (Fsp3) is 0.364. The normalized spacial score (nSPS) is 12.4. The molecule has 1 rings (SSSR count). The van der Waals surface area contributed by atoms with E-state index in [1.807, 2.05) is 6.92 Å². The molecule has 1 atom stereocenters. The van der Waals surface area contributed by atoms with Gasteiger partial charge in [0.1, 0.15) is 6.04 Å². The average Bonchev–Trinajstić information content (AvgIpc) is 2.23. The lowest BCUT2D eigenvalue weighted by atomic mass is 9.97. The number of rotatable bonds is 4. The van der Waals surface area contributed by atoms with E-state index in [0.717, 1.165) is 0 Å². The Balaban J connectivity index is 3.05. The summed E-state index contributed by atoms with van der Waals surface area (Å²) in [6, 6.07) is 1.91. The molecule has 0 aliphatic rings. The molecule has 0 aliphatic carbocycles. The van der Waals surface area contributed by atoms with Crippen LogP contribution in [-0.2, 0) is 17.6 Å². The van der Waals surface area contributed by atoms with Crippen LogP contribution in [0.15, 0.2) is 12.1 Å². The van der Waals surface area contributed by atoms with Crippen molar-refractivity contribution in [2.75, 3.05) is 0 Å². The second-order valence-corrected chi connectivity index (χ2v) is 3.57. The third-order valence-electron chi connectivity index (χ3n) is 2.47. The molecule has 0 bridgehead atoms. The highest BCUT2D eigenvalue weighted by Gasteiger charge is 2.17. The lowest BCUT2D eigenvalue weighted by molar-refractivity contribution is -0.138. The lowest BCUT2D eigenvalue weighted by Gasteiger charge is -2.13. The van der Waals surface area contributed by atoms with Gasteiger partial charge in [-0.2, -0.15) is 0 Å². The predicted octanol–water partition coefficient (Wildman–Crippen LogP) is 0.615. The molecule has 0 saturated heterocycles. The second kappa shape index (κ2) is 4.85. The smallest absolute Gasteiger partial charge is 0.320 e. The fourth-order valence-electron chi connectivity index (χ4n) is 1.58. The van der Waals surface area contributed by atoms with Crippen LogP contribution in [0.4, 0.5) is 0 Å². The molecule has 0 radical (unpaired) electrons. The van der Waals surface area contributed by atoms with Gasteiger partial charge >= 0.3 is 5.97 Å². The van der Waals surface area contributed by atoms with Crippen molar-refractivity contribution in [1.82, 2.24) is 0 Å². The van der Waals surface area contributed by atoms with E-state index in [1.54, 1.807) is 6.07 Å². The van der Waals surface area contributed by atoms with E-state index in [2.05, 4.69) is 0 Å². The molecule has 88 valence electrons. The van der Waals surface area contributed by atoms with Gasteiger partial charge in [-0.05, 0) is 24.5 Å². The summed E-state index contributed by atoms with van der Waals surface area (Å²) in [5, 5.41) is 27.6. The van der Waals surface area contributed by atoms with Gasteiger partial charge in [-0.15, -0.1) is 0 Å². The average molecular weight is 225 g/mol. The molecule has 1 aromatic rings. The summed E-state index contributed by atoms with van der Waals surface area (Å²) in [5.74, 6) is -1.49. The molecule has 0 saturated carbocycles. The van der Waals surface area contributed by atoms with Gasteiger partial charge < -0.3 is 21.1 Å². The molecule has 0 aromatic heterocycles. The Labute approximate surface area is 93.1 Å². The molecule has 16 heavy (non-hydrogen) atoms. The number of phenolic OH excluding ortho intramolecular Hbond substituents is 2. The van der Waals surface area contributed by atoms with Crippen molar-refractivity contribution in [3.8, 4) is 11.5 Å². The molecule has 5 N–H and O–H groups in total. The van der Waals surface area contributed by atoms with E-state index < -0.39 is 12.0 Å². The molecule has 0 amide bonds. The van der Waals surface area contributed by atoms with Crippen LogP contribution in [0.25, 0.3) is 0 Å². The number of carboxylic acid groups (broad SMARTS) is 1. The van der Waals surface area contributed by atoms with Crippen molar-refractivity contribution >= 4 is 5.97 Å². The molecule has 5 nitrogen and oxygen atoms in total. The molecule has 0 spiro atoms. The Bertz CT molecular complexity index is 403. The number of phenols is 2. The van der Waals surface area contributed by atoms with Gasteiger partial charge in [-0.25, -0.2) is 0 Å².